The third-order valence-corrected chi connectivity index (χ3v) is 4.77. The molecule has 1 unspecified atom stereocenters. The van der Waals surface area contributed by atoms with Gasteiger partial charge in [0.2, 0.25) is 10.0 Å². The van der Waals surface area contributed by atoms with Gasteiger partial charge in [0.25, 0.3) is 0 Å². The number of ether oxygens (including phenoxy) is 2. The molecule has 1 atom stereocenters. The van der Waals surface area contributed by atoms with E-state index in [1.54, 1.807) is 32.4 Å². The van der Waals surface area contributed by atoms with Crippen molar-refractivity contribution in [3.63, 3.8) is 0 Å². The Morgan fingerprint density at radius 2 is 2.05 bits per heavy atom. The van der Waals surface area contributed by atoms with E-state index in [1.165, 1.54) is 0 Å². The molecule has 120 valence electrons. The quantitative estimate of drug-likeness (QED) is 0.706. The smallest absolute Gasteiger partial charge is 0.241 e. The summed E-state index contributed by atoms with van der Waals surface area (Å²) in [7, 11) is -0.455. The molecule has 0 aliphatic heterocycles. The van der Waals surface area contributed by atoms with Crippen LogP contribution in [0.1, 0.15) is 18.9 Å². The van der Waals surface area contributed by atoms with Crippen molar-refractivity contribution >= 4 is 10.0 Å². The highest BCUT2D eigenvalue weighted by molar-refractivity contribution is 7.89. The number of hydrogen-bond acceptors (Lipinski definition) is 5. The van der Waals surface area contributed by atoms with Gasteiger partial charge in [-0.1, -0.05) is 0 Å². The van der Waals surface area contributed by atoms with Crippen molar-refractivity contribution in [3.05, 3.63) is 23.8 Å². The van der Waals surface area contributed by atoms with Gasteiger partial charge < -0.3 is 15.2 Å². The first kappa shape index (κ1) is 17.9. The number of methoxy groups -OCH3 is 2. The van der Waals surface area contributed by atoms with Crippen molar-refractivity contribution in [3.8, 4) is 5.75 Å². The highest BCUT2D eigenvalue weighted by atomic mass is 32.2. The second kappa shape index (κ2) is 8.33. The lowest BCUT2D eigenvalue weighted by atomic mass is 10.1. The van der Waals surface area contributed by atoms with E-state index in [0.29, 0.717) is 37.3 Å². The zero-order chi connectivity index (χ0) is 15.9. The predicted octanol–water partition coefficient (Wildman–Crippen LogP) is 0.900. The fraction of sp³-hybridized carbons (Fsp3) is 0.571. The Morgan fingerprint density at radius 1 is 1.33 bits per heavy atom. The van der Waals surface area contributed by atoms with Crippen LogP contribution in [0.2, 0.25) is 0 Å². The van der Waals surface area contributed by atoms with Crippen LogP contribution in [0.3, 0.4) is 0 Å². The molecule has 1 rings (SSSR count). The molecule has 0 aliphatic carbocycles. The summed E-state index contributed by atoms with van der Waals surface area (Å²) in [4.78, 5) is 0.248. The molecule has 3 N–H and O–H groups in total. The van der Waals surface area contributed by atoms with E-state index in [4.69, 9.17) is 15.2 Å². The Hall–Kier alpha value is -1.15. The second-order valence-electron chi connectivity index (χ2n) is 4.82. The monoisotopic (exact) mass is 316 g/mol. The molecule has 0 saturated heterocycles. The first-order chi connectivity index (χ1) is 9.94. The third-order valence-electron chi connectivity index (χ3n) is 3.08. The standard InChI is InChI=1S/C14H24N2O4S/c1-11(7-9-19-2)16-21(17,18)14-5-4-13(20-3)10-12(14)6-8-15/h4-5,10-11,16H,6-9,15H2,1-3H3. The van der Waals surface area contributed by atoms with Gasteiger partial charge in [-0.3, -0.25) is 0 Å². The van der Waals surface area contributed by atoms with E-state index < -0.39 is 10.0 Å². The summed E-state index contributed by atoms with van der Waals surface area (Å²) in [6, 6.07) is 4.69. The minimum atomic E-state index is -3.58. The highest BCUT2D eigenvalue weighted by Gasteiger charge is 2.21. The lowest BCUT2D eigenvalue weighted by Crippen LogP contribution is -2.34. The minimum Gasteiger partial charge on any atom is -0.497 e. The summed E-state index contributed by atoms with van der Waals surface area (Å²) >= 11 is 0. The van der Waals surface area contributed by atoms with Crippen molar-refractivity contribution in [1.82, 2.24) is 4.72 Å². The maximum Gasteiger partial charge on any atom is 0.241 e. The van der Waals surface area contributed by atoms with Crippen molar-refractivity contribution in [2.24, 2.45) is 5.73 Å². The molecule has 0 saturated carbocycles. The maximum absolute atomic E-state index is 12.5. The number of nitrogens with two attached hydrogens (primary N) is 1. The van der Waals surface area contributed by atoms with E-state index >= 15 is 0 Å². The van der Waals surface area contributed by atoms with Crippen molar-refractivity contribution in [1.29, 1.82) is 0 Å². The van der Waals surface area contributed by atoms with Gasteiger partial charge in [0, 0.05) is 19.8 Å². The van der Waals surface area contributed by atoms with Gasteiger partial charge in [0.15, 0.2) is 0 Å². The maximum atomic E-state index is 12.5. The van der Waals surface area contributed by atoms with E-state index in [0.717, 1.165) is 0 Å². The van der Waals surface area contributed by atoms with Gasteiger partial charge in [-0.15, -0.1) is 0 Å². The first-order valence-corrected chi connectivity index (χ1v) is 8.31. The molecule has 6 nitrogen and oxygen atoms in total. The van der Waals surface area contributed by atoms with E-state index in [-0.39, 0.29) is 10.9 Å². The van der Waals surface area contributed by atoms with Gasteiger partial charge >= 0.3 is 0 Å². The number of benzene rings is 1. The van der Waals surface area contributed by atoms with Gasteiger partial charge in [-0.05, 0) is 50.1 Å². The minimum absolute atomic E-state index is 0.206. The summed E-state index contributed by atoms with van der Waals surface area (Å²) in [6.45, 7) is 2.68. The van der Waals surface area contributed by atoms with Crippen molar-refractivity contribution in [2.45, 2.75) is 30.7 Å². The number of hydrogen-bond donors (Lipinski definition) is 2. The lowest BCUT2D eigenvalue weighted by molar-refractivity contribution is 0.188. The average molecular weight is 316 g/mol. The van der Waals surface area contributed by atoms with Crippen LogP contribution in [-0.2, 0) is 21.2 Å². The SMILES string of the molecule is COCCC(C)NS(=O)(=O)c1ccc(OC)cc1CCN. The molecule has 0 radical (unpaired) electrons. The molecular formula is C14H24N2O4S. The Labute approximate surface area is 126 Å². The zero-order valence-electron chi connectivity index (χ0n) is 12.8. The number of nitrogens with one attached hydrogen (secondary N) is 1. The molecule has 7 heteroatoms. The van der Waals surface area contributed by atoms with E-state index in [9.17, 15) is 8.42 Å². The van der Waals surface area contributed by atoms with Crippen molar-refractivity contribution in [2.75, 3.05) is 27.4 Å². The fourth-order valence-electron chi connectivity index (χ4n) is 1.98. The van der Waals surface area contributed by atoms with Crippen LogP contribution >= 0.6 is 0 Å². The molecular weight excluding hydrogens is 292 g/mol. The lowest BCUT2D eigenvalue weighted by Gasteiger charge is -2.16. The Morgan fingerprint density at radius 3 is 2.62 bits per heavy atom. The third kappa shape index (κ3) is 5.28. The first-order valence-electron chi connectivity index (χ1n) is 6.82. The van der Waals surface area contributed by atoms with Crippen LogP contribution < -0.4 is 15.2 Å². The van der Waals surface area contributed by atoms with Gasteiger partial charge in [0.05, 0.1) is 12.0 Å². The summed E-state index contributed by atoms with van der Waals surface area (Å²) in [5.74, 6) is 0.616. The van der Waals surface area contributed by atoms with E-state index in [2.05, 4.69) is 4.72 Å². The molecule has 0 spiro atoms. The summed E-state index contributed by atoms with van der Waals surface area (Å²) in [5.41, 5.74) is 6.21. The second-order valence-corrected chi connectivity index (χ2v) is 6.50. The largest absolute Gasteiger partial charge is 0.497 e. The Balaban J connectivity index is 3.01. The number of sulfonamides is 1. The normalized spacial score (nSPS) is 13.1. The number of rotatable bonds is 9. The molecule has 0 heterocycles. The summed E-state index contributed by atoms with van der Waals surface area (Å²) in [6.07, 6.45) is 1.08. The summed E-state index contributed by atoms with van der Waals surface area (Å²) < 4.78 is 37.7. The molecule has 0 aromatic heterocycles. The van der Waals surface area contributed by atoms with Crippen LogP contribution in [0.4, 0.5) is 0 Å². The molecule has 1 aromatic rings. The van der Waals surface area contributed by atoms with Crippen LogP contribution in [0, 0.1) is 0 Å². The molecule has 0 bridgehead atoms. The van der Waals surface area contributed by atoms with Crippen LogP contribution in [0.15, 0.2) is 23.1 Å². The molecule has 0 fully saturated rings. The summed E-state index contributed by atoms with van der Waals surface area (Å²) in [5, 5.41) is 0. The van der Waals surface area contributed by atoms with E-state index in [1.807, 2.05) is 6.92 Å². The van der Waals surface area contributed by atoms with Gasteiger partial charge in [-0.25, -0.2) is 13.1 Å². The average Bonchev–Trinajstić information content (AvgIpc) is 2.44. The van der Waals surface area contributed by atoms with Crippen LogP contribution in [0.5, 0.6) is 5.75 Å². The van der Waals surface area contributed by atoms with Gasteiger partial charge in [0.1, 0.15) is 5.75 Å². The van der Waals surface area contributed by atoms with Crippen molar-refractivity contribution < 1.29 is 17.9 Å². The molecule has 0 aliphatic rings. The molecule has 0 amide bonds. The molecule has 21 heavy (non-hydrogen) atoms. The predicted molar refractivity (Wildman–Crippen MR) is 82.0 cm³/mol. The topological polar surface area (TPSA) is 90.6 Å². The Bertz CT molecular complexity index is 546. The zero-order valence-corrected chi connectivity index (χ0v) is 13.6. The van der Waals surface area contributed by atoms with Crippen LogP contribution in [-0.4, -0.2) is 41.8 Å². The molecule has 1 aromatic carbocycles. The van der Waals surface area contributed by atoms with Crippen LogP contribution in [0.25, 0.3) is 0 Å². The highest BCUT2D eigenvalue weighted by Crippen LogP contribution is 2.22. The van der Waals surface area contributed by atoms with Gasteiger partial charge in [-0.2, -0.15) is 0 Å². The Kier molecular flexibility index (Phi) is 7.10. The fourth-order valence-corrected chi connectivity index (χ4v) is 3.51.